The van der Waals surface area contributed by atoms with Crippen molar-refractivity contribution in [1.82, 2.24) is 10.2 Å². The number of hydrogen-bond donors (Lipinski definition) is 2. The van der Waals surface area contributed by atoms with Crippen LogP contribution in [-0.2, 0) is 14.3 Å². The Hall–Kier alpha value is -3.35. The number of carboxylic acids is 1. The maximum atomic E-state index is 12.7. The number of alkyl carbamates (subject to hydrolysis) is 1. The summed E-state index contributed by atoms with van der Waals surface area (Å²) in [6, 6.07) is 16.3. The van der Waals surface area contributed by atoms with Gasteiger partial charge in [-0.05, 0) is 41.5 Å². The molecule has 1 saturated carbocycles. The summed E-state index contributed by atoms with van der Waals surface area (Å²) in [4.78, 5) is 37.7. The largest absolute Gasteiger partial charge is 0.481 e. The van der Waals surface area contributed by atoms with Gasteiger partial charge in [-0.15, -0.1) is 0 Å². The van der Waals surface area contributed by atoms with Crippen LogP contribution < -0.4 is 5.32 Å². The first kappa shape index (κ1) is 22.8. The number of carbonyl (C=O) groups excluding carboxylic acids is 2. The monoisotopic (exact) mass is 450 g/mol. The topological polar surface area (TPSA) is 95.9 Å². The third-order valence-electron chi connectivity index (χ3n) is 6.79. The molecule has 0 aliphatic heterocycles. The van der Waals surface area contributed by atoms with E-state index >= 15 is 0 Å². The predicted molar refractivity (Wildman–Crippen MR) is 124 cm³/mol. The highest BCUT2D eigenvalue weighted by Crippen LogP contribution is 2.44. The van der Waals surface area contributed by atoms with E-state index in [2.05, 4.69) is 29.6 Å². The summed E-state index contributed by atoms with van der Waals surface area (Å²) in [6.07, 6.45) is 1.43. The smallest absolute Gasteiger partial charge is 0.407 e. The first-order chi connectivity index (χ1) is 15.8. The van der Waals surface area contributed by atoms with Crippen molar-refractivity contribution in [2.75, 3.05) is 20.2 Å². The van der Waals surface area contributed by atoms with E-state index in [-0.39, 0.29) is 36.9 Å². The summed E-state index contributed by atoms with van der Waals surface area (Å²) >= 11 is 0. The minimum Gasteiger partial charge on any atom is -0.481 e. The van der Waals surface area contributed by atoms with Gasteiger partial charge < -0.3 is 20.1 Å². The number of carbonyl (C=O) groups is 3. The molecule has 3 atom stereocenters. The van der Waals surface area contributed by atoms with E-state index in [1.165, 1.54) is 16.0 Å². The molecule has 33 heavy (non-hydrogen) atoms. The lowest BCUT2D eigenvalue weighted by Gasteiger charge is -2.23. The second kappa shape index (κ2) is 9.65. The average molecular weight is 451 g/mol. The number of ether oxygens (including phenoxy) is 1. The Morgan fingerprint density at radius 3 is 2.27 bits per heavy atom. The van der Waals surface area contributed by atoms with E-state index in [1.807, 2.05) is 24.3 Å². The Morgan fingerprint density at radius 2 is 1.67 bits per heavy atom. The van der Waals surface area contributed by atoms with Crippen LogP contribution in [0.1, 0.15) is 43.2 Å². The molecule has 174 valence electrons. The zero-order chi connectivity index (χ0) is 23.5. The van der Waals surface area contributed by atoms with E-state index in [0.717, 1.165) is 11.1 Å². The summed E-state index contributed by atoms with van der Waals surface area (Å²) in [5, 5.41) is 12.0. The Labute approximate surface area is 193 Å². The standard InChI is InChI=1S/C26H30N2O5/c1-16(25(30)31)14-28(2)24(29)17-11-12-18(13-17)27-26(32)33-15-23-21-9-5-3-7-19(21)20-8-4-6-10-22(20)23/h3-10,16-18,23H,11-15H2,1-2H3,(H,27,32)(H,30,31). The van der Waals surface area contributed by atoms with Crippen LogP contribution in [0.3, 0.4) is 0 Å². The maximum absolute atomic E-state index is 12.7. The molecule has 2 aliphatic rings. The summed E-state index contributed by atoms with van der Waals surface area (Å²) in [7, 11) is 1.63. The molecule has 0 radical (unpaired) electrons. The van der Waals surface area contributed by atoms with E-state index in [9.17, 15) is 14.4 Å². The van der Waals surface area contributed by atoms with Crippen LogP contribution in [0.4, 0.5) is 4.79 Å². The second-order valence-electron chi connectivity index (χ2n) is 9.13. The third kappa shape index (κ3) is 4.87. The van der Waals surface area contributed by atoms with E-state index < -0.39 is 18.0 Å². The normalized spacial score (nSPS) is 19.9. The molecule has 0 bridgehead atoms. The number of rotatable bonds is 7. The van der Waals surface area contributed by atoms with E-state index in [4.69, 9.17) is 9.84 Å². The van der Waals surface area contributed by atoms with Gasteiger partial charge in [0.1, 0.15) is 6.61 Å². The summed E-state index contributed by atoms with van der Waals surface area (Å²) in [5.41, 5.74) is 4.69. The molecule has 7 heteroatoms. The minimum absolute atomic E-state index is 0.00549. The highest BCUT2D eigenvalue weighted by molar-refractivity contribution is 5.80. The molecular weight excluding hydrogens is 420 g/mol. The summed E-state index contributed by atoms with van der Waals surface area (Å²) in [6.45, 7) is 2.02. The molecule has 1 fully saturated rings. The van der Waals surface area contributed by atoms with Crippen molar-refractivity contribution in [3.05, 3.63) is 59.7 Å². The van der Waals surface area contributed by atoms with Gasteiger partial charge in [-0.2, -0.15) is 0 Å². The molecule has 7 nitrogen and oxygen atoms in total. The fourth-order valence-corrected chi connectivity index (χ4v) is 5.03. The molecule has 2 amide bonds. The number of carboxylic acid groups (broad SMARTS) is 1. The van der Waals surface area contributed by atoms with Crippen molar-refractivity contribution in [3.8, 4) is 11.1 Å². The van der Waals surface area contributed by atoms with Gasteiger partial charge in [0.25, 0.3) is 0 Å². The van der Waals surface area contributed by atoms with Crippen molar-refractivity contribution in [2.45, 2.75) is 38.1 Å². The quantitative estimate of drug-likeness (QED) is 0.668. The van der Waals surface area contributed by atoms with Gasteiger partial charge in [0.05, 0.1) is 5.92 Å². The molecule has 2 N–H and O–H groups in total. The predicted octanol–water partition coefficient (Wildman–Crippen LogP) is 3.87. The molecule has 2 aliphatic carbocycles. The van der Waals surface area contributed by atoms with E-state index in [0.29, 0.717) is 19.3 Å². The molecule has 0 saturated heterocycles. The Bertz CT molecular complexity index is 1010. The molecule has 0 heterocycles. The number of fused-ring (bicyclic) bond motifs is 3. The van der Waals surface area contributed by atoms with Gasteiger partial charge in [-0.3, -0.25) is 9.59 Å². The van der Waals surface area contributed by atoms with Crippen LogP contribution in [0.5, 0.6) is 0 Å². The molecule has 2 aromatic carbocycles. The lowest BCUT2D eigenvalue weighted by atomic mass is 9.98. The SMILES string of the molecule is CC(CN(C)C(=O)C1CCC(NC(=O)OCC2c3ccccc3-c3ccccc32)C1)C(=O)O. The fraction of sp³-hybridized carbons (Fsp3) is 0.423. The fourth-order valence-electron chi connectivity index (χ4n) is 5.03. The van der Waals surface area contributed by atoms with Gasteiger partial charge >= 0.3 is 12.1 Å². The maximum Gasteiger partial charge on any atom is 0.407 e. The lowest BCUT2D eigenvalue weighted by Crippen LogP contribution is -2.38. The number of aliphatic carboxylic acids is 1. The van der Waals surface area contributed by atoms with Crippen molar-refractivity contribution in [1.29, 1.82) is 0 Å². The minimum atomic E-state index is -0.920. The van der Waals surface area contributed by atoms with Crippen molar-refractivity contribution in [2.24, 2.45) is 11.8 Å². The van der Waals surface area contributed by atoms with Crippen molar-refractivity contribution >= 4 is 18.0 Å². The first-order valence-corrected chi connectivity index (χ1v) is 11.4. The highest BCUT2D eigenvalue weighted by Gasteiger charge is 2.34. The summed E-state index contributed by atoms with van der Waals surface area (Å²) in [5.74, 6) is -1.81. The van der Waals surface area contributed by atoms with Gasteiger partial charge in [-0.25, -0.2) is 4.79 Å². The second-order valence-corrected chi connectivity index (χ2v) is 9.13. The zero-order valence-electron chi connectivity index (χ0n) is 19.0. The van der Waals surface area contributed by atoms with E-state index in [1.54, 1.807) is 14.0 Å². The van der Waals surface area contributed by atoms with Crippen molar-refractivity contribution in [3.63, 3.8) is 0 Å². The molecule has 2 aromatic rings. The Kier molecular flexibility index (Phi) is 6.67. The summed E-state index contributed by atoms with van der Waals surface area (Å²) < 4.78 is 5.61. The molecule has 0 spiro atoms. The number of nitrogens with one attached hydrogen (secondary N) is 1. The Balaban J connectivity index is 1.29. The van der Waals surface area contributed by atoms with Crippen LogP contribution in [0, 0.1) is 11.8 Å². The number of hydrogen-bond acceptors (Lipinski definition) is 4. The average Bonchev–Trinajstić information content (AvgIpc) is 3.39. The molecule has 0 aromatic heterocycles. The van der Waals surface area contributed by atoms with Crippen molar-refractivity contribution < 1.29 is 24.2 Å². The van der Waals surface area contributed by atoms with Gasteiger partial charge in [-0.1, -0.05) is 55.5 Å². The zero-order valence-corrected chi connectivity index (χ0v) is 19.0. The molecule has 4 rings (SSSR count). The number of benzene rings is 2. The van der Waals surface area contributed by atoms with Gasteiger partial charge in [0.2, 0.25) is 5.91 Å². The van der Waals surface area contributed by atoms with Crippen LogP contribution in [-0.4, -0.2) is 54.2 Å². The number of nitrogens with zero attached hydrogens (tertiary/aromatic N) is 1. The van der Waals surface area contributed by atoms with Crippen LogP contribution in [0.25, 0.3) is 11.1 Å². The molecule has 3 unspecified atom stereocenters. The van der Waals surface area contributed by atoms with Crippen LogP contribution in [0.15, 0.2) is 48.5 Å². The van der Waals surface area contributed by atoms with Crippen LogP contribution in [0.2, 0.25) is 0 Å². The molecular formula is C26H30N2O5. The van der Waals surface area contributed by atoms with Gasteiger partial charge in [0.15, 0.2) is 0 Å². The Morgan fingerprint density at radius 1 is 1.06 bits per heavy atom. The lowest BCUT2D eigenvalue weighted by molar-refractivity contribution is -0.143. The first-order valence-electron chi connectivity index (χ1n) is 11.4. The van der Waals surface area contributed by atoms with Crippen LogP contribution >= 0.6 is 0 Å². The van der Waals surface area contributed by atoms with Gasteiger partial charge in [0, 0.05) is 31.5 Å². The number of amides is 2. The highest BCUT2D eigenvalue weighted by atomic mass is 16.5. The third-order valence-corrected chi connectivity index (χ3v) is 6.79.